The molecule has 2 N–H and O–H groups in total. The molecule has 1 aromatic heterocycles. The molecular formula is C10H13BrN2OS. The zero-order valence-corrected chi connectivity index (χ0v) is 10.7. The molecule has 3 nitrogen and oxygen atoms in total. The highest BCUT2D eigenvalue weighted by Crippen LogP contribution is 2.20. The molecule has 1 aliphatic heterocycles. The molecule has 0 aliphatic carbocycles. The monoisotopic (exact) mass is 288 g/mol. The van der Waals surface area contributed by atoms with Crippen LogP contribution < -0.4 is 10.6 Å². The fraction of sp³-hybridized carbons (Fsp3) is 0.500. The summed E-state index contributed by atoms with van der Waals surface area (Å²) in [6, 6.07) is 2.04. The van der Waals surface area contributed by atoms with Crippen molar-refractivity contribution in [3.05, 3.63) is 20.8 Å². The van der Waals surface area contributed by atoms with Gasteiger partial charge in [-0.2, -0.15) is 0 Å². The molecule has 1 atom stereocenters. The zero-order chi connectivity index (χ0) is 10.7. The first-order valence-corrected chi connectivity index (χ1v) is 6.64. The normalized spacial score (nSPS) is 20.5. The van der Waals surface area contributed by atoms with Crippen molar-refractivity contribution in [1.82, 2.24) is 10.6 Å². The van der Waals surface area contributed by atoms with Gasteiger partial charge in [0.1, 0.15) is 0 Å². The Labute approximate surface area is 101 Å². The summed E-state index contributed by atoms with van der Waals surface area (Å²) in [7, 11) is 0. The molecular weight excluding hydrogens is 276 g/mol. The van der Waals surface area contributed by atoms with Crippen LogP contribution in [-0.4, -0.2) is 19.0 Å². The molecule has 5 heteroatoms. The molecule has 1 aliphatic rings. The molecule has 1 aromatic rings. The van der Waals surface area contributed by atoms with Crippen LogP contribution in [0.2, 0.25) is 0 Å². The Morgan fingerprint density at radius 1 is 1.73 bits per heavy atom. The maximum absolute atomic E-state index is 11.7. The molecule has 0 spiro atoms. The van der Waals surface area contributed by atoms with Gasteiger partial charge < -0.3 is 10.6 Å². The van der Waals surface area contributed by atoms with E-state index in [4.69, 9.17) is 0 Å². The van der Waals surface area contributed by atoms with Crippen LogP contribution in [0.1, 0.15) is 12.0 Å². The first kappa shape index (κ1) is 11.1. The number of rotatable bonds is 3. The van der Waals surface area contributed by atoms with Crippen LogP contribution in [0, 0.1) is 5.92 Å². The largest absolute Gasteiger partial charge is 0.352 e. The van der Waals surface area contributed by atoms with Gasteiger partial charge in [0, 0.05) is 13.1 Å². The van der Waals surface area contributed by atoms with Crippen LogP contribution in [0.3, 0.4) is 0 Å². The topological polar surface area (TPSA) is 41.1 Å². The van der Waals surface area contributed by atoms with Crippen LogP contribution >= 0.6 is 27.3 Å². The third-order valence-corrected chi connectivity index (χ3v) is 4.07. The Hall–Kier alpha value is -0.390. The third kappa shape index (κ3) is 3.03. The van der Waals surface area contributed by atoms with Crippen molar-refractivity contribution in [2.24, 2.45) is 5.92 Å². The van der Waals surface area contributed by atoms with Crippen LogP contribution in [-0.2, 0) is 11.3 Å². The number of carbonyl (C=O) groups is 1. The smallest absolute Gasteiger partial charge is 0.224 e. The van der Waals surface area contributed by atoms with E-state index in [0.717, 1.165) is 28.9 Å². The Balaban J connectivity index is 1.80. The van der Waals surface area contributed by atoms with Gasteiger partial charge >= 0.3 is 0 Å². The minimum atomic E-state index is 0.159. The average molecular weight is 289 g/mol. The summed E-state index contributed by atoms with van der Waals surface area (Å²) in [4.78, 5) is 11.7. The van der Waals surface area contributed by atoms with Crippen molar-refractivity contribution in [3.8, 4) is 0 Å². The summed E-state index contributed by atoms with van der Waals surface area (Å²) < 4.78 is 1.11. The molecule has 2 rings (SSSR count). The van der Waals surface area contributed by atoms with Crippen molar-refractivity contribution in [1.29, 1.82) is 0 Å². The predicted molar refractivity (Wildman–Crippen MR) is 64.8 cm³/mol. The highest BCUT2D eigenvalue weighted by molar-refractivity contribution is 9.11. The van der Waals surface area contributed by atoms with E-state index in [1.54, 1.807) is 11.3 Å². The lowest BCUT2D eigenvalue weighted by atomic mass is 10.1. The Morgan fingerprint density at radius 2 is 2.60 bits per heavy atom. The van der Waals surface area contributed by atoms with Gasteiger partial charge in [-0.1, -0.05) is 0 Å². The van der Waals surface area contributed by atoms with Gasteiger partial charge in [-0.15, -0.1) is 11.3 Å². The molecule has 0 aromatic carbocycles. The van der Waals surface area contributed by atoms with Gasteiger partial charge in [-0.05, 0) is 45.9 Å². The van der Waals surface area contributed by atoms with Crippen LogP contribution in [0.5, 0.6) is 0 Å². The molecule has 15 heavy (non-hydrogen) atoms. The fourth-order valence-corrected chi connectivity index (χ4v) is 2.86. The lowest BCUT2D eigenvalue weighted by Crippen LogP contribution is -2.31. The zero-order valence-electron chi connectivity index (χ0n) is 8.25. The first-order chi connectivity index (χ1) is 7.25. The minimum absolute atomic E-state index is 0.159. The Kier molecular flexibility index (Phi) is 3.77. The molecule has 0 bridgehead atoms. The van der Waals surface area contributed by atoms with Gasteiger partial charge in [0.2, 0.25) is 5.91 Å². The second-order valence-electron chi connectivity index (χ2n) is 3.67. The molecule has 1 saturated heterocycles. The molecule has 1 fully saturated rings. The quantitative estimate of drug-likeness (QED) is 0.890. The van der Waals surface area contributed by atoms with Gasteiger partial charge in [-0.3, -0.25) is 4.79 Å². The standard InChI is InChI=1S/C10H13BrN2OS/c11-9-3-7(6-15-9)4-13-10(14)8-1-2-12-5-8/h3,6,8,12H,1-2,4-5H2,(H,13,14)/t8-/m1/s1. The SMILES string of the molecule is O=C(NCc1csc(Br)c1)[C@@H]1CCNC1. The van der Waals surface area contributed by atoms with Crippen LogP contribution in [0.15, 0.2) is 15.2 Å². The number of amides is 1. The van der Waals surface area contributed by atoms with E-state index >= 15 is 0 Å². The Morgan fingerprint density at radius 3 is 3.20 bits per heavy atom. The summed E-state index contributed by atoms with van der Waals surface area (Å²) in [5, 5.41) is 8.20. The highest BCUT2D eigenvalue weighted by atomic mass is 79.9. The van der Waals surface area contributed by atoms with Crippen molar-refractivity contribution < 1.29 is 4.79 Å². The summed E-state index contributed by atoms with van der Waals surface area (Å²) in [5.41, 5.74) is 1.16. The number of hydrogen-bond donors (Lipinski definition) is 2. The van der Waals surface area contributed by atoms with Crippen molar-refractivity contribution >= 4 is 33.2 Å². The maximum atomic E-state index is 11.7. The highest BCUT2D eigenvalue weighted by Gasteiger charge is 2.21. The Bertz CT molecular complexity index is 347. The summed E-state index contributed by atoms with van der Waals surface area (Å²) in [6.07, 6.45) is 0.958. The van der Waals surface area contributed by atoms with Crippen LogP contribution in [0.4, 0.5) is 0 Å². The lowest BCUT2D eigenvalue weighted by molar-refractivity contribution is -0.124. The minimum Gasteiger partial charge on any atom is -0.352 e. The van der Waals surface area contributed by atoms with Gasteiger partial charge in [0.25, 0.3) is 0 Å². The fourth-order valence-electron chi connectivity index (χ4n) is 1.65. The molecule has 2 heterocycles. The van der Waals surface area contributed by atoms with E-state index in [0.29, 0.717) is 6.54 Å². The molecule has 0 saturated carbocycles. The predicted octanol–water partition coefficient (Wildman–Crippen LogP) is 1.74. The van der Waals surface area contributed by atoms with Gasteiger partial charge in [0.15, 0.2) is 0 Å². The number of carbonyl (C=O) groups excluding carboxylic acids is 1. The van der Waals surface area contributed by atoms with E-state index < -0.39 is 0 Å². The lowest BCUT2D eigenvalue weighted by Gasteiger charge is -2.08. The number of hydrogen-bond acceptors (Lipinski definition) is 3. The molecule has 82 valence electrons. The van der Waals surface area contributed by atoms with Gasteiger partial charge in [-0.25, -0.2) is 0 Å². The van der Waals surface area contributed by atoms with Crippen molar-refractivity contribution in [2.75, 3.05) is 13.1 Å². The van der Waals surface area contributed by atoms with E-state index in [1.165, 1.54) is 0 Å². The number of halogens is 1. The second-order valence-corrected chi connectivity index (χ2v) is 5.96. The van der Waals surface area contributed by atoms with E-state index in [-0.39, 0.29) is 11.8 Å². The van der Waals surface area contributed by atoms with E-state index in [1.807, 2.05) is 6.07 Å². The van der Waals surface area contributed by atoms with Gasteiger partial charge in [0.05, 0.1) is 9.70 Å². The molecule has 0 radical (unpaired) electrons. The average Bonchev–Trinajstić information content (AvgIpc) is 2.84. The third-order valence-electron chi connectivity index (χ3n) is 2.52. The van der Waals surface area contributed by atoms with E-state index in [9.17, 15) is 4.79 Å². The molecule has 1 amide bonds. The summed E-state index contributed by atoms with van der Waals surface area (Å²) in [6.45, 7) is 2.42. The summed E-state index contributed by atoms with van der Waals surface area (Å²) in [5.74, 6) is 0.328. The number of thiophene rings is 1. The van der Waals surface area contributed by atoms with Crippen molar-refractivity contribution in [2.45, 2.75) is 13.0 Å². The second kappa shape index (κ2) is 5.09. The van der Waals surface area contributed by atoms with Crippen LogP contribution in [0.25, 0.3) is 0 Å². The number of nitrogens with one attached hydrogen (secondary N) is 2. The molecule has 0 unspecified atom stereocenters. The summed E-state index contributed by atoms with van der Waals surface area (Å²) >= 11 is 5.04. The maximum Gasteiger partial charge on any atom is 0.224 e. The van der Waals surface area contributed by atoms with E-state index in [2.05, 4.69) is 31.9 Å². The van der Waals surface area contributed by atoms with Crippen molar-refractivity contribution in [3.63, 3.8) is 0 Å². The first-order valence-electron chi connectivity index (χ1n) is 4.97.